The van der Waals surface area contributed by atoms with E-state index in [2.05, 4.69) is 52.3 Å². The highest BCUT2D eigenvalue weighted by atomic mass is 35.5. The van der Waals surface area contributed by atoms with Gasteiger partial charge in [0.05, 0.1) is 24.1 Å². The number of nitrogens with zero attached hydrogens (tertiary/aromatic N) is 2. The maximum atomic E-state index is 12.5. The average molecular weight is 594 g/mol. The zero-order chi connectivity index (χ0) is 30.0. The number of unbranched alkanes of at least 4 members (excludes halogenated alkanes) is 2. The van der Waals surface area contributed by atoms with Gasteiger partial charge in [0.15, 0.2) is 0 Å². The molecule has 0 spiro atoms. The minimum Gasteiger partial charge on any atom is -0.494 e. The van der Waals surface area contributed by atoms with Crippen molar-refractivity contribution in [2.24, 2.45) is 0 Å². The number of fused-ring (bicyclic) bond motifs is 1. The second-order valence-electron chi connectivity index (χ2n) is 11.1. The first-order valence-corrected chi connectivity index (χ1v) is 15.6. The van der Waals surface area contributed by atoms with Gasteiger partial charge >= 0.3 is 0 Å². The number of ether oxygens (including phenoxy) is 1. The number of rotatable bonds is 14. The molecule has 1 amide bonds. The fraction of sp³-hybridized carbons (Fsp3) is 0.297. The van der Waals surface area contributed by atoms with Crippen molar-refractivity contribution in [3.63, 3.8) is 0 Å². The molecule has 0 unspecified atom stereocenters. The van der Waals surface area contributed by atoms with Crippen molar-refractivity contribution in [2.45, 2.75) is 58.9 Å². The summed E-state index contributed by atoms with van der Waals surface area (Å²) in [7, 11) is 0. The topological polar surface area (TPSA) is 56.1 Å². The highest BCUT2D eigenvalue weighted by molar-refractivity contribution is 6.32. The first-order valence-electron chi connectivity index (χ1n) is 15.2. The zero-order valence-electron chi connectivity index (χ0n) is 25.1. The van der Waals surface area contributed by atoms with Crippen molar-refractivity contribution in [1.82, 2.24) is 14.9 Å². The number of hydrogen-bond donors (Lipinski definition) is 1. The number of imidazole rings is 1. The minimum absolute atomic E-state index is 0.0698. The van der Waals surface area contributed by atoms with Gasteiger partial charge in [-0.3, -0.25) is 4.79 Å². The van der Waals surface area contributed by atoms with Crippen molar-refractivity contribution in [1.29, 1.82) is 0 Å². The second-order valence-corrected chi connectivity index (χ2v) is 11.5. The van der Waals surface area contributed by atoms with E-state index in [0.29, 0.717) is 19.6 Å². The predicted molar refractivity (Wildman–Crippen MR) is 177 cm³/mol. The number of aryl methyl sites for hydroxylation is 4. The third kappa shape index (κ3) is 8.26. The molecule has 5 aromatic rings. The van der Waals surface area contributed by atoms with E-state index in [1.807, 2.05) is 62.4 Å². The summed E-state index contributed by atoms with van der Waals surface area (Å²) in [6, 6.07) is 30.9. The molecule has 0 bridgehead atoms. The highest BCUT2D eigenvalue weighted by Gasteiger charge is 2.11. The van der Waals surface area contributed by atoms with E-state index in [-0.39, 0.29) is 5.91 Å². The van der Waals surface area contributed by atoms with Gasteiger partial charge in [0.2, 0.25) is 5.91 Å². The molecule has 1 aromatic heterocycles. The van der Waals surface area contributed by atoms with Crippen LogP contribution in [0.5, 0.6) is 5.75 Å². The van der Waals surface area contributed by atoms with Gasteiger partial charge in [-0.25, -0.2) is 4.98 Å². The number of para-hydroxylation sites is 2. The molecule has 1 N–H and O–H groups in total. The Hall–Kier alpha value is -4.09. The van der Waals surface area contributed by atoms with E-state index in [1.54, 1.807) is 0 Å². The SMILES string of the molecule is Cc1cc(OCCCn2c(CCCCCNC(=O)Cc3ccc(-c4ccccc4)cc3)nc3ccccc32)cc(C)c1Cl. The number of hydrogen-bond acceptors (Lipinski definition) is 3. The lowest BCUT2D eigenvalue weighted by Gasteiger charge is -2.12. The maximum absolute atomic E-state index is 12.5. The zero-order valence-corrected chi connectivity index (χ0v) is 25.9. The van der Waals surface area contributed by atoms with Crippen LogP contribution >= 0.6 is 11.6 Å². The van der Waals surface area contributed by atoms with E-state index in [9.17, 15) is 4.79 Å². The summed E-state index contributed by atoms with van der Waals surface area (Å²) in [5.41, 5.74) is 7.64. The van der Waals surface area contributed by atoms with Crippen LogP contribution in [0.3, 0.4) is 0 Å². The van der Waals surface area contributed by atoms with Crippen LogP contribution in [-0.4, -0.2) is 28.6 Å². The molecule has 0 radical (unpaired) electrons. The highest BCUT2D eigenvalue weighted by Crippen LogP contribution is 2.26. The molecule has 0 aliphatic carbocycles. The molecule has 0 saturated carbocycles. The fourth-order valence-electron chi connectivity index (χ4n) is 5.47. The smallest absolute Gasteiger partial charge is 0.224 e. The van der Waals surface area contributed by atoms with Gasteiger partial charge in [0.1, 0.15) is 11.6 Å². The van der Waals surface area contributed by atoms with Crippen molar-refractivity contribution in [3.8, 4) is 16.9 Å². The Balaban J connectivity index is 1.04. The Labute approximate surface area is 259 Å². The van der Waals surface area contributed by atoms with E-state index < -0.39 is 0 Å². The van der Waals surface area contributed by atoms with Crippen LogP contribution in [0, 0.1) is 13.8 Å². The normalized spacial score (nSPS) is 11.1. The lowest BCUT2D eigenvalue weighted by atomic mass is 10.0. The first kappa shape index (κ1) is 30.4. The van der Waals surface area contributed by atoms with Crippen molar-refractivity contribution < 1.29 is 9.53 Å². The molecular formula is C37H40ClN3O2. The molecule has 0 aliphatic rings. The van der Waals surface area contributed by atoms with E-state index in [0.717, 1.165) is 83.0 Å². The van der Waals surface area contributed by atoms with Gasteiger partial charge in [-0.05, 0) is 85.2 Å². The summed E-state index contributed by atoms with van der Waals surface area (Å²) in [4.78, 5) is 17.4. The average Bonchev–Trinajstić information content (AvgIpc) is 3.37. The van der Waals surface area contributed by atoms with Crippen LogP contribution in [0.4, 0.5) is 0 Å². The Morgan fingerprint density at radius 3 is 2.30 bits per heavy atom. The van der Waals surface area contributed by atoms with E-state index in [1.165, 1.54) is 11.1 Å². The molecule has 222 valence electrons. The summed E-state index contributed by atoms with van der Waals surface area (Å²) in [6.45, 7) is 6.18. The van der Waals surface area contributed by atoms with Crippen LogP contribution in [-0.2, 0) is 24.2 Å². The summed E-state index contributed by atoms with van der Waals surface area (Å²) >= 11 is 6.30. The number of amides is 1. The molecule has 0 aliphatic heterocycles. The van der Waals surface area contributed by atoms with Crippen LogP contribution in [0.1, 0.15) is 48.2 Å². The molecule has 0 saturated heterocycles. The number of aromatic nitrogens is 2. The number of carbonyl (C=O) groups is 1. The van der Waals surface area contributed by atoms with Crippen LogP contribution in [0.25, 0.3) is 22.2 Å². The lowest BCUT2D eigenvalue weighted by Crippen LogP contribution is -2.26. The van der Waals surface area contributed by atoms with Crippen molar-refractivity contribution in [3.05, 3.63) is 119 Å². The monoisotopic (exact) mass is 593 g/mol. The molecule has 5 nitrogen and oxygen atoms in total. The Morgan fingerprint density at radius 1 is 0.837 bits per heavy atom. The summed E-state index contributed by atoms with van der Waals surface area (Å²) in [5, 5.41) is 3.89. The number of nitrogens with one attached hydrogen (secondary N) is 1. The third-order valence-corrected chi connectivity index (χ3v) is 8.36. The maximum Gasteiger partial charge on any atom is 0.224 e. The largest absolute Gasteiger partial charge is 0.494 e. The fourth-order valence-corrected chi connectivity index (χ4v) is 5.58. The van der Waals surface area contributed by atoms with Crippen LogP contribution in [0.15, 0.2) is 91.0 Å². The Kier molecular flexibility index (Phi) is 10.5. The number of benzene rings is 4. The molecule has 5 rings (SSSR count). The Bertz CT molecular complexity index is 1620. The van der Waals surface area contributed by atoms with Crippen LogP contribution < -0.4 is 10.1 Å². The van der Waals surface area contributed by atoms with Gasteiger partial charge in [0.25, 0.3) is 0 Å². The second kappa shape index (κ2) is 14.9. The van der Waals surface area contributed by atoms with Gasteiger partial charge in [0, 0.05) is 24.5 Å². The minimum atomic E-state index is 0.0698. The Morgan fingerprint density at radius 2 is 1.53 bits per heavy atom. The van der Waals surface area contributed by atoms with Gasteiger partial charge in [-0.2, -0.15) is 0 Å². The quantitative estimate of drug-likeness (QED) is 0.131. The molecule has 4 aromatic carbocycles. The summed E-state index contributed by atoms with van der Waals surface area (Å²) in [5.74, 6) is 2.05. The molecule has 6 heteroatoms. The van der Waals surface area contributed by atoms with Crippen molar-refractivity contribution in [2.75, 3.05) is 13.2 Å². The molecular weight excluding hydrogens is 554 g/mol. The molecule has 43 heavy (non-hydrogen) atoms. The predicted octanol–water partition coefficient (Wildman–Crippen LogP) is 8.51. The third-order valence-electron chi connectivity index (χ3n) is 7.76. The number of halogens is 1. The lowest BCUT2D eigenvalue weighted by molar-refractivity contribution is -0.120. The summed E-state index contributed by atoms with van der Waals surface area (Å²) < 4.78 is 8.39. The summed E-state index contributed by atoms with van der Waals surface area (Å²) in [6.07, 6.45) is 5.21. The number of carbonyl (C=O) groups excluding carboxylic acids is 1. The van der Waals surface area contributed by atoms with E-state index >= 15 is 0 Å². The molecule has 1 heterocycles. The van der Waals surface area contributed by atoms with Gasteiger partial charge < -0.3 is 14.6 Å². The van der Waals surface area contributed by atoms with Gasteiger partial charge in [-0.1, -0.05) is 84.8 Å². The van der Waals surface area contributed by atoms with E-state index in [4.69, 9.17) is 21.3 Å². The van der Waals surface area contributed by atoms with Crippen LogP contribution in [0.2, 0.25) is 5.02 Å². The molecule has 0 atom stereocenters. The first-order chi connectivity index (χ1) is 21.0. The standard InChI is InChI=1S/C37H40ClN3O2/c1-27-24-32(25-28(2)37(27)38)43-23-11-22-41-34-15-9-8-14-33(34)40-35(41)16-7-4-10-21-39-36(42)26-29-17-19-31(20-18-29)30-12-5-3-6-13-30/h3,5-6,8-9,12-15,17-20,24-25H,4,7,10-11,16,21-23,26H2,1-2H3,(H,39,42). The van der Waals surface area contributed by atoms with Crippen molar-refractivity contribution >= 4 is 28.5 Å². The van der Waals surface area contributed by atoms with Gasteiger partial charge in [-0.15, -0.1) is 0 Å². The molecule has 0 fully saturated rings.